The summed E-state index contributed by atoms with van der Waals surface area (Å²) in [7, 11) is 0. The first-order chi connectivity index (χ1) is 8.88. The third-order valence-electron chi connectivity index (χ3n) is 3.29. The van der Waals surface area contributed by atoms with Crippen LogP contribution in [-0.2, 0) is 12.0 Å². The van der Waals surface area contributed by atoms with Crippen LogP contribution in [0.4, 0.5) is 4.39 Å². The average Bonchev–Trinajstić information content (AvgIpc) is 2.33. The van der Waals surface area contributed by atoms with Gasteiger partial charge in [-0.15, -0.1) is 0 Å². The van der Waals surface area contributed by atoms with Gasteiger partial charge in [0, 0.05) is 10.9 Å². The Labute approximate surface area is 121 Å². The zero-order valence-corrected chi connectivity index (χ0v) is 12.5. The van der Waals surface area contributed by atoms with Gasteiger partial charge in [-0.3, -0.25) is 0 Å². The fraction of sp³-hybridized carbons (Fsp3) is 0.250. The molecule has 2 rings (SSSR count). The van der Waals surface area contributed by atoms with Gasteiger partial charge in [0.1, 0.15) is 5.82 Å². The Bertz CT molecular complexity index is 593. The van der Waals surface area contributed by atoms with E-state index in [-0.39, 0.29) is 5.82 Å². The minimum atomic E-state index is -1.03. The summed E-state index contributed by atoms with van der Waals surface area (Å²) in [5.41, 5.74) is 1.59. The summed E-state index contributed by atoms with van der Waals surface area (Å²) in [6.45, 7) is 3.67. The second-order valence-corrected chi connectivity index (χ2v) is 5.95. The molecule has 1 unspecified atom stereocenters. The van der Waals surface area contributed by atoms with Gasteiger partial charge in [0.05, 0.1) is 5.60 Å². The lowest BCUT2D eigenvalue weighted by molar-refractivity contribution is 0.0573. The molecule has 0 aliphatic carbocycles. The highest BCUT2D eigenvalue weighted by Gasteiger charge is 2.24. The molecule has 1 nitrogen and oxygen atoms in total. The first-order valence-electron chi connectivity index (χ1n) is 6.12. The van der Waals surface area contributed by atoms with Crippen LogP contribution in [0.5, 0.6) is 0 Å². The van der Waals surface area contributed by atoms with Crippen LogP contribution in [0.25, 0.3) is 0 Å². The number of aliphatic hydroxyl groups is 1. The van der Waals surface area contributed by atoms with Crippen molar-refractivity contribution >= 4 is 15.9 Å². The molecular weight excluding hydrogens is 307 g/mol. The van der Waals surface area contributed by atoms with E-state index in [9.17, 15) is 9.50 Å². The van der Waals surface area contributed by atoms with E-state index in [2.05, 4.69) is 15.9 Å². The Kier molecular flexibility index (Phi) is 4.07. The Morgan fingerprint density at radius 2 is 1.95 bits per heavy atom. The third-order valence-corrected chi connectivity index (χ3v) is 3.79. The van der Waals surface area contributed by atoms with Crippen LogP contribution >= 0.6 is 15.9 Å². The molecule has 0 heterocycles. The monoisotopic (exact) mass is 322 g/mol. The summed E-state index contributed by atoms with van der Waals surface area (Å²) in [6, 6.07) is 12.2. The van der Waals surface area contributed by atoms with Crippen molar-refractivity contribution < 1.29 is 9.50 Å². The Morgan fingerprint density at radius 3 is 2.63 bits per heavy atom. The van der Waals surface area contributed by atoms with Crippen molar-refractivity contribution in [3.8, 4) is 0 Å². The number of hydrogen-bond donors (Lipinski definition) is 1. The van der Waals surface area contributed by atoms with Crippen molar-refractivity contribution in [1.29, 1.82) is 0 Å². The molecular formula is C16H16BrFO. The molecule has 0 radical (unpaired) electrons. The highest BCUT2D eigenvalue weighted by molar-refractivity contribution is 9.10. The van der Waals surface area contributed by atoms with Crippen LogP contribution in [0, 0.1) is 12.7 Å². The molecule has 100 valence electrons. The van der Waals surface area contributed by atoms with Gasteiger partial charge in [0.15, 0.2) is 0 Å². The molecule has 0 amide bonds. The lowest BCUT2D eigenvalue weighted by atomic mass is 9.87. The molecule has 0 bridgehead atoms. The quantitative estimate of drug-likeness (QED) is 0.890. The van der Waals surface area contributed by atoms with Crippen molar-refractivity contribution in [1.82, 2.24) is 0 Å². The van der Waals surface area contributed by atoms with Gasteiger partial charge in [-0.25, -0.2) is 4.39 Å². The van der Waals surface area contributed by atoms with Crippen LogP contribution in [-0.4, -0.2) is 5.11 Å². The van der Waals surface area contributed by atoms with Crippen LogP contribution < -0.4 is 0 Å². The van der Waals surface area contributed by atoms with Crippen molar-refractivity contribution in [2.45, 2.75) is 25.9 Å². The molecule has 19 heavy (non-hydrogen) atoms. The lowest BCUT2D eigenvalue weighted by Gasteiger charge is -2.25. The summed E-state index contributed by atoms with van der Waals surface area (Å²) >= 11 is 3.40. The van der Waals surface area contributed by atoms with E-state index >= 15 is 0 Å². The van der Waals surface area contributed by atoms with Crippen LogP contribution in [0.15, 0.2) is 46.9 Å². The third kappa shape index (κ3) is 3.43. The van der Waals surface area contributed by atoms with Gasteiger partial charge in [-0.2, -0.15) is 0 Å². The Balaban J connectivity index is 2.33. The number of rotatable bonds is 3. The summed E-state index contributed by atoms with van der Waals surface area (Å²) in [5.74, 6) is -0.273. The van der Waals surface area contributed by atoms with Crippen LogP contribution in [0.2, 0.25) is 0 Å². The number of benzene rings is 2. The summed E-state index contributed by atoms with van der Waals surface area (Å²) < 4.78 is 14.2. The Morgan fingerprint density at radius 1 is 1.21 bits per heavy atom. The molecule has 0 aliphatic rings. The number of aryl methyl sites for hydroxylation is 1. The van der Waals surface area contributed by atoms with E-state index in [1.54, 1.807) is 13.0 Å². The van der Waals surface area contributed by atoms with Gasteiger partial charge in [0.2, 0.25) is 0 Å². The lowest BCUT2D eigenvalue weighted by Crippen LogP contribution is -2.24. The number of halogens is 2. The standard InChI is InChI=1S/C16H16BrFO/c1-11-6-7-15(18)8-12(11)10-16(2,19)13-4-3-5-14(17)9-13/h3-9,19H,10H2,1-2H3. The van der Waals surface area contributed by atoms with Crippen molar-refractivity contribution in [3.05, 3.63) is 69.4 Å². The van der Waals surface area contributed by atoms with Gasteiger partial charge in [0.25, 0.3) is 0 Å². The molecule has 0 aromatic heterocycles. The summed E-state index contributed by atoms with van der Waals surface area (Å²) in [6.07, 6.45) is 0.382. The molecule has 0 saturated carbocycles. The maximum absolute atomic E-state index is 13.3. The van der Waals surface area contributed by atoms with Gasteiger partial charge >= 0.3 is 0 Å². The topological polar surface area (TPSA) is 20.2 Å². The van der Waals surface area contributed by atoms with E-state index in [1.807, 2.05) is 31.2 Å². The maximum Gasteiger partial charge on any atom is 0.123 e. The van der Waals surface area contributed by atoms with Gasteiger partial charge < -0.3 is 5.11 Å². The largest absolute Gasteiger partial charge is 0.385 e. The normalized spacial score (nSPS) is 14.2. The molecule has 0 spiro atoms. The molecule has 0 fully saturated rings. The SMILES string of the molecule is Cc1ccc(F)cc1CC(C)(O)c1cccc(Br)c1. The second-order valence-electron chi connectivity index (χ2n) is 5.03. The van der Waals surface area contributed by atoms with Gasteiger partial charge in [-0.1, -0.05) is 34.1 Å². The molecule has 2 aromatic rings. The van der Waals surface area contributed by atoms with Crippen molar-refractivity contribution in [2.75, 3.05) is 0 Å². The van der Waals surface area contributed by atoms with Crippen molar-refractivity contribution in [2.24, 2.45) is 0 Å². The summed E-state index contributed by atoms with van der Waals surface area (Å²) in [4.78, 5) is 0. The molecule has 0 saturated heterocycles. The first kappa shape index (κ1) is 14.2. The fourth-order valence-corrected chi connectivity index (χ4v) is 2.53. The smallest absolute Gasteiger partial charge is 0.123 e. The average molecular weight is 323 g/mol. The number of hydrogen-bond acceptors (Lipinski definition) is 1. The molecule has 0 aliphatic heterocycles. The second kappa shape index (κ2) is 5.43. The van der Waals surface area contributed by atoms with E-state index in [4.69, 9.17) is 0 Å². The zero-order chi connectivity index (χ0) is 14.0. The van der Waals surface area contributed by atoms with Crippen LogP contribution in [0.1, 0.15) is 23.6 Å². The molecule has 1 atom stereocenters. The molecule has 2 aromatic carbocycles. The first-order valence-corrected chi connectivity index (χ1v) is 6.91. The fourth-order valence-electron chi connectivity index (χ4n) is 2.13. The van der Waals surface area contributed by atoms with Crippen molar-refractivity contribution in [3.63, 3.8) is 0 Å². The molecule has 3 heteroatoms. The molecule has 1 N–H and O–H groups in total. The van der Waals surface area contributed by atoms with Gasteiger partial charge in [-0.05, 0) is 54.8 Å². The Hall–Kier alpha value is -1.19. The zero-order valence-electron chi connectivity index (χ0n) is 11.0. The minimum absolute atomic E-state index is 0.273. The highest BCUT2D eigenvalue weighted by atomic mass is 79.9. The predicted molar refractivity (Wildman–Crippen MR) is 78.6 cm³/mol. The maximum atomic E-state index is 13.3. The summed E-state index contributed by atoms with van der Waals surface area (Å²) in [5, 5.41) is 10.6. The van der Waals surface area contributed by atoms with E-state index in [0.29, 0.717) is 6.42 Å². The highest BCUT2D eigenvalue weighted by Crippen LogP contribution is 2.28. The van der Waals surface area contributed by atoms with E-state index in [0.717, 1.165) is 21.2 Å². The van der Waals surface area contributed by atoms with E-state index in [1.165, 1.54) is 12.1 Å². The predicted octanol–water partition coefficient (Wildman–Crippen LogP) is 4.35. The minimum Gasteiger partial charge on any atom is -0.385 e. The van der Waals surface area contributed by atoms with E-state index < -0.39 is 5.60 Å². The van der Waals surface area contributed by atoms with Crippen LogP contribution in [0.3, 0.4) is 0 Å².